The Hall–Kier alpha value is -2.38. The van der Waals surface area contributed by atoms with E-state index in [2.05, 4.69) is 4.98 Å². The van der Waals surface area contributed by atoms with Crippen molar-refractivity contribution >= 4 is 0 Å². The van der Waals surface area contributed by atoms with E-state index in [1.165, 1.54) is 0 Å². The van der Waals surface area contributed by atoms with Gasteiger partial charge in [0.1, 0.15) is 6.61 Å². The monoisotopic (exact) mass is 254 g/mol. The zero-order chi connectivity index (χ0) is 13.3. The van der Waals surface area contributed by atoms with E-state index in [1.54, 1.807) is 18.3 Å². The van der Waals surface area contributed by atoms with Gasteiger partial charge in [0.25, 0.3) is 0 Å². The summed E-state index contributed by atoms with van der Waals surface area (Å²) in [6, 6.07) is 15.2. The van der Waals surface area contributed by atoms with Crippen LogP contribution in [0.25, 0.3) is 0 Å². The van der Waals surface area contributed by atoms with E-state index in [0.717, 1.165) is 5.56 Å². The Morgan fingerprint density at radius 1 is 1.11 bits per heavy atom. The van der Waals surface area contributed by atoms with Crippen molar-refractivity contribution in [1.82, 2.24) is 4.98 Å². The van der Waals surface area contributed by atoms with Crippen LogP contribution in [0.5, 0.6) is 5.88 Å². The van der Waals surface area contributed by atoms with E-state index in [0.29, 0.717) is 31.3 Å². The third-order valence-corrected chi connectivity index (χ3v) is 2.45. The average molecular weight is 254 g/mol. The first-order valence-electron chi connectivity index (χ1n) is 5.99. The SMILES string of the molecule is N#Cc1ccnc(OCCOCc2ccccc2)c1. The van der Waals surface area contributed by atoms with Crippen molar-refractivity contribution < 1.29 is 9.47 Å². The second kappa shape index (κ2) is 7.14. The second-order valence-corrected chi connectivity index (χ2v) is 3.88. The van der Waals surface area contributed by atoms with Crippen LogP contribution < -0.4 is 4.74 Å². The van der Waals surface area contributed by atoms with Crippen molar-refractivity contribution in [3.63, 3.8) is 0 Å². The first-order valence-corrected chi connectivity index (χ1v) is 5.99. The zero-order valence-electron chi connectivity index (χ0n) is 10.5. The molecule has 19 heavy (non-hydrogen) atoms. The van der Waals surface area contributed by atoms with Crippen LogP contribution in [0, 0.1) is 11.3 Å². The highest BCUT2D eigenvalue weighted by Gasteiger charge is 1.98. The van der Waals surface area contributed by atoms with Crippen LogP contribution in [-0.2, 0) is 11.3 Å². The molecule has 0 aliphatic carbocycles. The Bertz CT molecular complexity index is 550. The molecule has 0 bridgehead atoms. The van der Waals surface area contributed by atoms with Crippen molar-refractivity contribution in [2.24, 2.45) is 0 Å². The lowest BCUT2D eigenvalue weighted by Gasteiger charge is -2.06. The summed E-state index contributed by atoms with van der Waals surface area (Å²) in [7, 11) is 0. The first kappa shape index (κ1) is 13.1. The molecule has 0 spiro atoms. The maximum atomic E-state index is 8.74. The molecule has 0 unspecified atom stereocenters. The van der Waals surface area contributed by atoms with E-state index in [9.17, 15) is 0 Å². The van der Waals surface area contributed by atoms with Gasteiger partial charge in [-0.3, -0.25) is 0 Å². The summed E-state index contributed by atoms with van der Waals surface area (Å²) in [4.78, 5) is 4.01. The maximum absolute atomic E-state index is 8.74. The fraction of sp³-hybridized carbons (Fsp3) is 0.200. The van der Waals surface area contributed by atoms with Crippen LogP contribution in [0.15, 0.2) is 48.7 Å². The topological polar surface area (TPSA) is 55.1 Å². The van der Waals surface area contributed by atoms with Crippen LogP contribution in [-0.4, -0.2) is 18.2 Å². The van der Waals surface area contributed by atoms with E-state index in [1.807, 2.05) is 36.4 Å². The Labute approximate surface area is 112 Å². The molecule has 96 valence electrons. The molecule has 1 aromatic carbocycles. The number of nitrogens with zero attached hydrogens (tertiary/aromatic N) is 2. The number of rotatable bonds is 6. The van der Waals surface area contributed by atoms with E-state index < -0.39 is 0 Å². The molecule has 0 fully saturated rings. The highest BCUT2D eigenvalue weighted by atomic mass is 16.5. The lowest BCUT2D eigenvalue weighted by Crippen LogP contribution is -2.07. The van der Waals surface area contributed by atoms with Crippen LogP contribution >= 0.6 is 0 Å². The smallest absolute Gasteiger partial charge is 0.214 e. The molecule has 4 heteroatoms. The largest absolute Gasteiger partial charge is 0.475 e. The molecule has 2 rings (SSSR count). The van der Waals surface area contributed by atoms with Crippen LogP contribution in [0.3, 0.4) is 0 Å². The van der Waals surface area contributed by atoms with Gasteiger partial charge in [-0.25, -0.2) is 4.98 Å². The van der Waals surface area contributed by atoms with Gasteiger partial charge in [0.2, 0.25) is 5.88 Å². The van der Waals surface area contributed by atoms with Crippen LogP contribution in [0.1, 0.15) is 11.1 Å². The van der Waals surface area contributed by atoms with Gasteiger partial charge in [-0.15, -0.1) is 0 Å². The molecule has 0 N–H and O–H groups in total. The van der Waals surface area contributed by atoms with Gasteiger partial charge in [-0.2, -0.15) is 5.26 Å². The van der Waals surface area contributed by atoms with Gasteiger partial charge in [-0.1, -0.05) is 30.3 Å². The summed E-state index contributed by atoms with van der Waals surface area (Å²) < 4.78 is 10.9. The highest BCUT2D eigenvalue weighted by molar-refractivity contribution is 5.31. The third kappa shape index (κ3) is 4.41. The van der Waals surface area contributed by atoms with Crippen molar-refractivity contribution in [3.05, 3.63) is 59.8 Å². The molecule has 0 saturated carbocycles. The Kier molecular flexibility index (Phi) is 4.91. The molecule has 1 heterocycles. The molecular weight excluding hydrogens is 240 g/mol. The highest BCUT2D eigenvalue weighted by Crippen LogP contribution is 2.08. The maximum Gasteiger partial charge on any atom is 0.214 e. The molecule has 0 aliphatic heterocycles. The number of pyridine rings is 1. The molecule has 4 nitrogen and oxygen atoms in total. The standard InChI is InChI=1S/C15H14N2O2/c16-11-14-6-7-17-15(10-14)19-9-8-18-12-13-4-2-1-3-5-13/h1-7,10H,8-9,12H2. The first-order chi connectivity index (χ1) is 9.38. The van der Waals surface area contributed by atoms with Crippen molar-refractivity contribution in [1.29, 1.82) is 5.26 Å². The van der Waals surface area contributed by atoms with Gasteiger partial charge in [0.15, 0.2) is 0 Å². The molecule has 1 aromatic heterocycles. The van der Waals surface area contributed by atoms with E-state index >= 15 is 0 Å². The average Bonchev–Trinajstić information content (AvgIpc) is 2.48. The van der Waals surface area contributed by atoms with E-state index in [4.69, 9.17) is 14.7 Å². The van der Waals surface area contributed by atoms with Gasteiger partial charge >= 0.3 is 0 Å². The summed E-state index contributed by atoms with van der Waals surface area (Å²) in [6.07, 6.45) is 1.55. The van der Waals surface area contributed by atoms with E-state index in [-0.39, 0.29) is 0 Å². The lowest BCUT2D eigenvalue weighted by molar-refractivity contribution is 0.0875. The number of nitriles is 1. The molecule has 0 amide bonds. The second-order valence-electron chi connectivity index (χ2n) is 3.88. The lowest BCUT2D eigenvalue weighted by atomic mass is 10.2. The molecule has 2 aromatic rings. The predicted octanol–water partition coefficient (Wildman–Crippen LogP) is 2.55. The van der Waals surface area contributed by atoms with Gasteiger partial charge in [-0.05, 0) is 11.6 Å². The Morgan fingerprint density at radius 2 is 1.95 bits per heavy atom. The zero-order valence-corrected chi connectivity index (χ0v) is 10.5. The number of aromatic nitrogens is 1. The summed E-state index contributed by atoms with van der Waals surface area (Å²) in [5.74, 6) is 0.447. The molecule has 0 saturated heterocycles. The molecule has 0 radical (unpaired) electrons. The number of hydrogen-bond donors (Lipinski definition) is 0. The Balaban J connectivity index is 1.68. The molecule has 0 aliphatic rings. The van der Waals surface area contributed by atoms with Gasteiger partial charge in [0, 0.05) is 12.3 Å². The van der Waals surface area contributed by atoms with Crippen molar-refractivity contribution in [2.45, 2.75) is 6.61 Å². The third-order valence-electron chi connectivity index (χ3n) is 2.45. The normalized spacial score (nSPS) is 9.84. The van der Waals surface area contributed by atoms with Gasteiger partial charge in [0.05, 0.1) is 24.8 Å². The summed E-state index contributed by atoms with van der Waals surface area (Å²) in [5.41, 5.74) is 1.67. The molecular formula is C15H14N2O2. The van der Waals surface area contributed by atoms with Crippen molar-refractivity contribution in [2.75, 3.05) is 13.2 Å². The molecule has 0 atom stereocenters. The number of ether oxygens (including phenoxy) is 2. The summed E-state index contributed by atoms with van der Waals surface area (Å²) in [6.45, 7) is 1.46. The summed E-state index contributed by atoms with van der Waals surface area (Å²) in [5, 5.41) is 8.74. The Morgan fingerprint density at radius 3 is 2.74 bits per heavy atom. The number of benzene rings is 1. The minimum Gasteiger partial charge on any atom is -0.475 e. The fourth-order valence-corrected chi connectivity index (χ4v) is 1.53. The fourth-order valence-electron chi connectivity index (χ4n) is 1.53. The number of hydrogen-bond acceptors (Lipinski definition) is 4. The minimum atomic E-state index is 0.411. The summed E-state index contributed by atoms with van der Waals surface area (Å²) >= 11 is 0. The van der Waals surface area contributed by atoms with Crippen LogP contribution in [0.4, 0.5) is 0 Å². The van der Waals surface area contributed by atoms with Crippen LogP contribution in [0.2, 0.25) is 0 Å². The quantitative estimate of drug-likeness (QED) is 0.743. The van der Waals surface area contributed by atoms with Crippen molar-refractivity contribution in [3.8, 4) is 11.9 Å². The minimum absolute atomic E-state index is 0.411. The van der Waals surface area contributed by atoms with Gasteiger partial charge < -0.3 is 9.47 Å². The predicted molar refractivity (Wildman–Crippen MR) is 70.5 cm³/mol.